The number of phenols is 1. The first-order chi connectivity index (χ1) is 10.1. The molecule has 1 heterocycles. The summed E-state index contributed by atoms with van der Waals surface area (Å²) in [6, 6.07) is 15.6. The molecule has 21 heavy (non-hydrogen) atoms. The van der Waals surface area contributed by atoms with Crippen LogP contribution in [0.1, 0.15) is 11.1 Å². The molecule has 3 rings (SSSR count). The maximum Gasteiger partial charge on any atom is 0.116 e. The predicted octanol–water partition coefficient (Wildman–Crippen LogP) is 4.63. The van der Waals surface area contributed by atoms with Crippen molar-refractivity contribution in [2.24, 2.45) is 0 Å². The van der Waals surface area contributed by atoms with Crippen molar-refractivity contribution in [2.45, 2.75) is 6.92 Å². The van der Waals surface area contributed by atoms with Crippen molar-refractivity contribution in [1.82, 2.24) is 0 Å². The quantitative estimate of drug-likeness (QED) is 0.863. The lowest BCUT2D eigenvalue weighted by Crippen LogP contribution is -2.16. The molecule has 1 aliphatic rings. The van der Waals surface area contributed by atoms with E-state index in [1.165, 1.54) is 5.56 Å². The summed E-state index contributed by atoms with van der Waals surface area (Å²) in [7, 11) is 0. The van der Waals surface area contributed by atoms with Crippen molar-refractivity contribution in [3.8, 4) is 5.75 Å². The summed E-state index contributed by atoms with van der Waals surface area (Å²) < 4.78 is 0. The van der Waals surface area contributed by atoms with Gasteiger partial charge >= 0.3 is 0 Å². The molecule has 1 N–H and O–H groups in total. The number of rotatable bonds is 2. The van der Waals surface area contributed by atoms with E-state index in [0.29, 0.717) is 0 Å². The van der Waals surface area contributed by atoms with Gasteiger partial charge in [-0.05, 0) is 54.0 Å². The summed E-state index contributed by atoms with van der Waals surface area (Å²) in [5.74, 6) is 0.272. The highest BCUT2D eigenvalue weighted by Gasteiger charge is 2.12. The summed E-state index contributed by atoms with van der Waals surface area (Å²) in [5, 5.41) is 9.63. The molecule has 2 aromatic rings. The first kappa shape index (κ1) is 13.3. The maximum atomic E-state index is 9.63. The van der Waals surface area contributed by atoms with Crippen LogP contribution in [-0.4, -0.2) is 5.11 Å². The van der Waals surface area contributed by atoms with Crippen molar-refractivity contribution < 1.29 is 5.11 Å². The van der Waals surface area contributed by atoms with Gasteiger partial charge in [0.1, 0.15) is 5.75 Å². The molecular formula is C19H17NO. The van der Waals surface area contributed by atoms with E-state index in [-0.39, 0.29) is 5.75 Å². The zero-order valence-corrected chi connectivity index (χ0v) is 12.0. The summed E-state index contributed by atoms with van der Waals surface area (Å²) in [6.45, 7) is 6.17. The van der Waals surface area contributed by atoms with E-state index < -0.39 is 0 Å². The Balaban J connectivity index is 2.02. The molecule has 0 fully saturated rings. The highest BCUT2D eigenvalue weighted by molar-refractivity contribution is 5.81. The third kappa shape index (κ3) is 2.75. The van der Waals surface area contributed by atoms with Crippen LogP contribution in [0.3, 0.4) is 0 Å². The largest absolute Gasteiger partial charge is 0.508 e. The minimum atomic E-state index is 0.272. The molecule has 0 saturated carbocycles. The van der Waals surface area contributed by atoms with E-state index in [2.05, 4.69) is 36.6 Å². The Bertz CT molecular complexity index is 756. The Kier molecular flexibility index (Phi) is 3.36. The molecule has 0 unspecified atom stereocenters. The number of nitrogens with zero attached hydrogens (tertiary/aromatic N) is 1. The van der Waals surface area contributed by atoms with Gasteiger partial charge < -0.3 is 10.0 Å². The van der Waals surface area contributed by atoms with E-state index >= 15 is 0 Å². The number of aromatic hydroxyl groups is 1. The van der Waals surface area contributed by atoms with Crippen molar-refractivity contribution in [1.29, 1.82) is 0 Å². The number of allylic oxidation sites excluding steroid dienone is 3. The Labute approximate surface area is 125 Å². The molecular weight excluding hydrogens is 258 g/mol. The van der Waals surface area contributed by atoms with Crippen LogP contribution < -0.4 is 4.90 Å². The lowest BCUT2D eigenvalue weighted by Gasteiger charge is -2.25. The molecule has 104 valence electrons. The number of anilines is 1. The van der Waals surface area contributed by atoms with Crippen LogP contribution in [0, 0.1) is 6.92 Å². The zero-order chi connectivity index (χ0) is 14.8. The van der Waals surface area contributed by atoms with Crippen LogP contribution in [-0.2, 0) is 0 Å². The van der Waals surface area contributed by atoms with Gasteiger partial charge in [-0.1, -0.05) is 36.9 Å². The van der Waals surface area contributed by atoms with Crippen molar-refractivity contribution >= 4 is 11.3 Å². The van der Waals surface area contributed by atoms with Crippen molar-refractivity contribution in [3.63, 3.8) is 0 Å². The Morgan fingerprint density at radius 2 is 1.81 bits per heavy atom. The minimum Gasteiger partial charge on any atom is -0.508 e. The van der Waals surface area contributed by atoms with Crippen LogP contribution in [0.5, 0.6) is 5.75 Å². The van der Waals surface area contributed by atoms with Crippen LogP contribution in [0.2, 0.25) is 0 Å². The fraction of sp³-hybridized carbons (Fsp3) is 0.0526. The fourth-order valence-electron chi connectivity index (χ4n) is 2.41. The predicted molar refractivity (Wildman–Crippen MR) is 88.0 cm³/mol. The first-order valence-corrected chi connectivity index (χ1v) is 6.87. The molecule has 2 aromatic carbocycles. The van der Waals surface area contributed by atoms with Gasteiger partial charge in [0, 0.05) is 17.6 Å². The zero-order valence-electron chi connectivity index (χ0n) is 12.0. The molecule has 0 spiro atoms. The highest BCUT2D eigenvalue weighted by Crippen LogP contribution is 2.30. The lowest BCUT2D eigenvalue weighted by atomic mass is 10.0. The summed E-state index contributed by atoms with van der Waals surface area (Å²) in [4.78, 5) is 2.06. The second kappa shape index (κ2) is 5.33. The van der Waals surface area contributed by atoms with Gasteiger partial charge in [-0.3, -0.25) is 0 Å². The number of benzene rings is 2. The van der Waals surface area contributed by atoms with E-state index in [1.54, 1.807) is 12.1 Å². The van der Waals surface area contributed by atoms with Gasteiger partial charge in [-0.25, -0.2) is 0 Å². The standard InChI is InChI=1S/C19H17NO/c1-14-5-3-7-18(11-14)20-13-17(10-9-15(20)2)16-6-4-8-19(21)12-16/h3-13,21H,2H2,1H3. The van der Waals surface area contributed by atoms with E-state index in [9.17, 15) is 5.11 Å². The van der Waals surface area contributed by atoms with Gasteiger partial charge in [-0.2, -0.15) is 0 Å². The van der Waals surface area contributed by atoms with Gasteiger partial charge in [0.15, 0.2) is 0 Å². The summed E-state index contributed by atoms with van der Waals surface area (Å²) in [6.07, 6.45) is 6.05. The fourth-order valence-corrected chi connectivity index (χ4v) is 2.41. The topological polar surface area (TPSA) is 23.5 Å². The summed E-state index contributed by atoms with van der Waals surface area (Å²) >= 11 is 0. The number of hydrogen-bond donors (Lipinski definition) is 1. The third-order valence-corrected chi connectivity index (χ3v) is 3.49. The Morgan fingerprint density at radius 1 is 1.00 bits per heavy atom. The normalized spacial score (nSPS) is 14.2. The molecule has 0 amide bonds. The molecule has 2 heteroatoms. The molecule has 0 atom stereocenters. The van der Waals surface area contributed by atoms with E-state index in [0.717, 1.165) is 22.5 Å². The van der Waals surface area contributed by atoms with Crippen LogP contribution >= 0.6 is 0 Å². The number of hydrogen-bond acceptors (Lipinski definition) is 2. The molecule has 1 aliphatic heterocycles. The molecule has 2 nitrogen and oxygen atoms in total. The number of phenolic OH excluding ortho intramolecular Hbond substituents is 1. The summed E-state index contributed by atoms with van der Waals surface area (Å²) in [5.41, 5.74) is 5.24. The third-order valence-electron chi connectivity index (χ3n) is 3.49. The van der Waals surface area contributed by atoms with Crippen molar-refractivity contribution in [2.75, 3.05) is 4.90 Å². The maximum absolute atomic E-state index is 9.63. The molecule has 0 saturated heterocycles. The average molecular weight is 275 g/mol. The molecule has 0 aliphatic carbocycles. The van der Waals surface area contributed by atoms with Crippen molar-refractivity contribution in [3.05, 3.63) is 90.3 Å². The second-order valence-electron chi connectivity index (χ2n) is 5.17. The Hall–Kier alpha value is -2.74. The smallest absolute Gasteiger partial charge is 0.116 e. The lowest BCUT2D eigenvalue weighted by molar-refractivity contribution is 0.475. The van der Waals surface area contributed by atoms with Crippen LogP contribution in [0.25, 0.3) is 5.57 Å². The van der Waals surface area contributed by atoms with Crippen LogP contribution in [0.4, 0.5) is 5.69 Å². The molecule has 0 aromatic heterocycles. The van der Waals surface area contributed by atoms with Gasteiger partial charge in [0.2, 0.25) is 0 Å². The van der Waals surface area contributed by atoms with Gasteiger partial charge in [0.05, 0.1) is 0 Å². The van der Waals surface area contributed by atoms with E-state index in [4.69, 9.17) is 0 Å². The minimum absolute atomic E-state index is 0.272. The molecule has 0 radical (unpaired) electrons. The first-order valence-electron chi connectivity index (χ1n) is 6.87. The van der Waals surface area contributed by atoms with Gasteiger partial charge in [-0.15, -0.1) is 0 Å². The van der Waals surface area contributed by atoms with Crippen LogP contribution in [0.15, 0.2) is 79.2 Å². The number of aryl methyl sites for hydroxylation is 1. The average Bonchev–Trinajstić information content (AvgIpc) is 2.47. The van der Waals surface area contributed by atoms with E-state index in [1.807, 2.05) is 36.6 Å². The van der Waals surface area contributed by atoms with Gasteiger partial charge in [0.25, 0.3) is 0 Å². The second-order valence-corrected chi connectivity index (χ2v) is 5.17. The molecule has 0 bridgehead atoms. The highest BCUT2D eigenvalue weighted by atomic mass is 16.3. The SMILES string of the molecule is C=C1C=CC(c2cccc(O)c2)=CN1c1cccc(C)c1. The Morgan fingerprint density at radius 3 is 2.57 bits per heavy atom. The monoisotopic (exact) mass is 275 g/mol.